The van der Waals surface area contributed by atoms with Gasteiger partial charge in [-0.3, -0.25) is 0 Å². The van der Waals surface area contributed by atoms with E-state index in [4.69, 9.17) is 0 Å². The number of aliphatic hydroxyl groups is 1. The smallest absolute Gasteiger partial charge is 0.416 e. The minimum Gasteiger partial charge on any atom is -0.506 e. The van der Waals surface area contributed by atoms with Crippen LogP contribution in [0.3, 0.4) is 0 Å². The van der Waals surface area contributed by atoms with Crippen LogP contribution in [0.2, 0.25) is 0 Å². The Morgan fingerprint density at radius 2 is 1.60 bits per heavy atom. The molecule has 0 fully saturated rings. The first-order valence-electron chi connectivity index (χ1n) is 8.84. The largest absolute Gasteiger partial charge is 0.506 e. The number of allylic oxidation sites excluding steroid dienone is 1. The maximum Gasteiger partial charge on any atom is 0.416 e. The minimum absolute atomic E-state index is 0.0859. The van der Waals surface area contributed by atoms with Crippen molar-refractivity contribution in [1.82, 2.24) is 4.98 Å². The van der Waals surface area contributed by atoms with Gasteiger partial charge in [0, 0.05) is 5.56 Å². The molecule has 0 bridgehead atoms. The molecule has 0 spiro atoms. The summed E-state index contributed by atoms with van der Waals surface area (Å²) in [5.41, 5.74) is 1.61. The van der Waals surface area contributed by atoms with Crippen LogP contribution in [0.4, 0.5) is 13.2 Å². The first-order valence-corrected chi connectivity index (χ1v) is 9.66. The number of rotatable bonds is 3. The Labute approximate surface area is 174 Å². The van der Waals surface area contributed by atoms with Crippen molar-refractivity contribution >= 4 is 32.9 Å². The average molecular weight is 422 g/mol. The third-order valence-corrected chi connectivity index (χ3v) is 5.60. The molecule has 30 heavy (non-hydrogen) atoms. The van der Waals surface area contributed by atoms with E-state index in [1.165, 1.54) is 6.07 Å². The normalized spacial score (nSPS) is 12.5. The highest BCUT2D eigenvalue weighted by atomic mass is 32.1. The molecule has 148 valence electrons. The van der Waals surface area contributed by atoms with Gasteiger partial charge in [0.05, 0.1) is 15.8 Å². The van der Waals surface area contributed by atoms with Crippen LogP contribution in [-0.2, 0) is 6.18 Å². The van der Waals surface area contributed by atoms with Crippen molar-refractivity contribution in [1.29, 1.82) is 5.26 Å². The van der Waals surface area contributed by atoms with Crippen LogP contribution in [0.15, 0.2) is 72.8 Å². The highest BCUT2D eigenvalue weighted by Crippen LogP contribution is 2.35. The number of fused-ring (bicyclic) bond motifs is 1. The van der Waals surface area contributed by atoms with E-state index in [2.05, 4.69) is 4.98 Å². The predicted octanol–water partition coefficient (Wildman–Crippen LogP) is 6.93. The Bertz CT molecular complexity index is 1280. The average Bonchev–Trinajstić information content (AvgIpc) is 3.17. The van der Waals surface area contributed by atoms with Crippen LogP contribution in [-0.4, -0.2) is 10.1 Å². The molecule has 3 nitrogen and oxygen atoms in total. The van der Waals surface area contributed by atoms with E-state index in [0.29, 0.717) is 10.3 Å². The zero-order chi connectivity index (χ0) is 21.3. The Hall–Kier alpha value is -3.63. The molecule has 0 aliphatic carbocycles. The van der Waals surface area contributed by atoms with Gasteiger partial charge >= 0.3 is 6.18 Å². The molecule has 0 atom stereocenters. The molecule has 3 aromatic carbocycles. The number of hydrogen-bond acceptors (Lipinski definition) is 4. The fourth-order valence-corrected chi connectivity index (χ4v) is 3.95. The third kappa shape index (κ3) is 3.78. The monoisotopic (exact) mass is 422 g/mol. The van der Waals surface area contributed by atoms with Gasteiger partial charge in [-0.25, -0.2) is 4.98 Å². The molecule has 0 radical (unpaired) electrons. The lowest BCUT2D eigenvalue weighted by atomic mass is 10.0. The van der Waals surface area contributed by atoms with Gasteiger partial charge in [0.1, 0.15) is 22.4 Å². The molecule has 0 aliphatic heterocycles. The van der Waals surface area contributed by atoms with Crippen molar-refractivity contribution in [3.8, 4) is 17.2 Å². The van der Waals surface area contributed by atoms with Gasteiger partial charge in [-0.1, -0.05) is 54.6 Å². The van der Waals surface area contributed by atoms with Crippen LogP contribution in [0.1, 0.15) is 16.1 Å². The summed E-state index contributed by atoms with van der Waals surface area (Å²) in [5.74, 6) is -0.271. The Kier molecular flexibility index (Phi) is 5.02. The lowest BCUT2D eigenvalue weighted by molar-refractivity contribution is -0.137. The van der Waals surface area contributed by atoms with Crippen LogP contribution < -0.4 is 0 Å². The molecular formula is C23H13F3N2OS. The van der Waals surface area contributed by atoms with Crippen molar-refractivity contribution in [3.63, 3.8) is 0 Å². The van der Waals surface area contributed by atoms with E-state index < -0.39 is 11.7 Å². The van der Waals surface area contributed by atoms with Crippen LogP contribution in [0, 0.1) is 11.3 Å². The van der Waals surface area contributed by atoms with Crippen LogP contribution in [0.25, 0.3) is 32.7 Å². The van der Waals surface area contributed by atoms with Gasteiger partial charge in [0.15, 0.2) is 0 Å². The number of nitrogens with zero attached hydrogens (tertiary/aromatic N) is 2. The van der Waals surface area contributed by atoms with Gasteiger partial charge < -0.3 is 5.11 Å². The third-order valence-electron chi connectivity index (χ3n) is 4.54. The SMILES string of the molecule is N#CC(=C(O)c1ccc(-c2ccccc2)cc1)c1nc2cc(C(F)(F)F)ccc2s1. The number of hydrogen-bond donors (Lipinski definition) is 1. The molecule has 0 saturated heterocycles. The van der Waals surface area contributed by atoms with E-state index >= 15 is 0 Å². The molecule has 1 heterocycles. The molecule has 1 N–H and O–H groups in total. The molecular weight excluding hydrogens is 409 g/mol. The molecule has 0 saturated carbocycles. The van der Waals surface area contributed by atoms with E-state index in [-0.39, 0.29) is 21.9 Å². The van der Waals surface area contributed by atoms with E-state index in [1.54, 1.807) is 12.1 Å². The van der Waals surface area contributed by atoms with Crippen molar-refractivity contribution in [2.24, 2.45) is 0 Å². The molecule has 7 heteroatoms. The number of nitriles is 1. The molecule has 0 aliphatic rings. The molecule has 4 aromatic rings. The van der Waals surface area contributed by atoms with Crippen molar-refractivity contribution in [3.05, 3.63) is 88.9 Å². The summed E-state index contributed by atoms with van der Waals surface area (Å²) in [6, 6.07) is 21.9. The molecule has 4 rings (SSSR count). The lowest BCUT2D eigenvalue weighted by Crippen LogP contribution is -2.03. The second-order valence-electron chi connectivity index (χ2n) is 6.48. The van der Waals surface area contributed by atoms with E-state index in [9.17, 15) is 23.5 Å². The van der Waals surface area contributed by atoms with Crippen molar-refractivity contribution in [2.75, 3.05) is 0 Å². The van der Waals surface area contributed by atoms with Crippen molar-refractivity contribution < 1.29 is 18.3 Å². The first-order chi connectivity index (χ1) is 14.4. The molecule has 1 aromatic heterocycles. The first kappa shape index (κ1) is 19.7. The summed E-state index contributed by atoms with van der Waals surface area (Å²) in [7, 11) is 0. The number of alkyl halides is 3. The zero-order valence-electron chi connectivity index (χ0n) is 15.3. The summed E-state index contributed by atoms with van der Waals surface area (Å²) in [6.45, 7) is 0. The summed E-state index contributed by atoms with van der Waals surface area (Å²) in [5, 5.41) is 20.4. The minimum atomic E-state index is -4.48. The summed E-state index contributed by atoms with van der Waals surface area (Å²) in [6.07, 6.45) is -4.48. The van der Waals surface area contributed by atoms with Gasteiger partial charge in [-0.15, -0.1) is 11.3 Å². The number of aromatic nitrogens is 1. The highest BCUT2D eigenvalue weighted by molar-refractivity contribution is 7.19. The lowest BCUT2D eigenvalue weighted by Gasteiger charge is -2.05. The van der Waals surface area contributed by atoms with Gasteiger partial charge in [-0.05, 0) is 29.3 Å². The fraction of sp³-hybridized carbons (Fsp3) is 0.0435. The van der Waals surface area contributed by atoms with E-state index in [0.717, 1.165) is 34.6 Å². The topological polar surface area (TPSA) is 56.9 Å². The predicted molar refractivity (Wildman–Crippen MR) is 112 cm³/mol. The highest BCUT2D eigenvalue weighted by Gasteiger charge is 2.31. The molecule has 0 amide bonds. The number of benzene rings is 3. The van der Waals surface area contributed by atoms with Gasteiger partial charge in [0.25, 0.3) is 0 Å². The fourth-order valence-electron chi connectivity index (χ4n) is 3.01. The maximum atomic E-state index is 12.9. The quantitative estimate of drug-likeness (QED) is 0.288. The van der Waals surface area contributed by atoms with Gasteiger partial charge in [-0.2, -0.15) is 18.4 Å². The number of aliphatic hydroxyl groups excluding tert-OH is 1. The van der Waals surface area contributed by atoms with Crippen molar-refractivity contribution in [2.45, 2.75) is 6.18 Å². The Morgan fingerprint density at radius 3 is 2.23 bits per heavy atom. The summed E-state index contributed by atoms with van der Waals surface area (Å²) >= 11 is 1.05. The standard InChI is InChI=1S/C23H13F3N2OS/c24-23(25,26)17-10-11-20-19(12-17)28-22(30-20)18(13-27)21(29)16-8-6-15(7-9-16)14-4-2-1-3-5-14/h1-12,29H. The van der Waals surface area contributed by atoms with Crippen LogP contribution in [0.5, 0.6) is 0 Å². The summed E-state index contributed by atoms with van der Waals surface area (Å²) in [4.78, 5) is 4.15. The number of thiazole rings is 1. The Morgan fingerprint density at radius 1 is 0.933 bits per heavy atom. The maximum absolute atomic E-state index is 12.9. The molecule has 0 unspecified atom stereocenters. The second-order valence-corrected chi connectivity index (χ2v) is 7.51. The van der Waals surface area contributed by atoms with Gasteiger partial charge in [0.2, 0.25) is 0 Å². The van der Waals surface area contributed by atoms with Crippen LogP contribution >= 0.6 is 11.3 Å². The summed E-state index contributed by atoms with van der Waals surface area (Å²) < 4.78 is 39.3. The Balaban J connectivity index is 1.72. The van der Waals surface area contributed by atoms with E-state index in [1.807, 2.05) is 48.5 Å². The number of halogens is 3. The zero-order valence-corrected chi connectivity index (χ0v) is 16.1. The second kappa shape index (κ2) is 7.65.